The minimum Gasteiger partial charge on any atom is -1.00 e. The molecule has 210 valence electrons. The van der Waals surface area contributed by atoms with Crippen molar-refractivity contribution in [3.05, 3.63) is 0 Å². The Morgan fingerprint density at radius 2 is 0.471 bits per heavy atom. The van der Waals surface area contributed by atoms with Crippen LogP contribution in [0.25, 0.3) is 0 Å². The SMILES string of the molecule is CCCCCC[N+](C)(CCCCCC)CCCC[N+](C)(CCCCCC)CCCCCC.[Br-].[Br-]. The van der Waals surface area contributed by atoms with Crippen molar-refractivity contribution in [2.45, 2.75) is 143 Å². The Kier molecular flexibility index (Phi) is 31.2. The van der Waals surface area contributed by atoms with E-state index in [1.807, 2.05) is 0 Å². The standard InChI is InChI=1S/C30H66N2.2BrH/c1-7-11-15-19-25-31(5,26-20-16-12-8-2)29-23-24-30-32(6,27-21-17-13-9-3)28-22-18-14-10-4;;/h7-30H2,1-6H3;2*1H/q+2;;/p-2. The molecule has 0 aliphatic rings. The summed E-state index contributed by atoms with van der Waals surface area (Å²) < 4.78 is 2.67. The van der Waals surface area contributed by atoms with E-state index < -0.39 is 0 Å². The molecule has 0 amide bonds. The summed E-state index contributed by atoms with van der Waals surface area (Å²) in [4.78, 5) is 0. The van der Waals surface area contributed by atoms with Crippen LogP contribution in [0.15, 0.2) is 0 Å². The van der Waals surface area contributed by atoms with Crippen molar-refractivity contribution in [2.24, 2.45) is 0 Å². The first-order valence-electron chi connectivity index (χ1n) is 15.1. The van der Waals surface area contributed by atoms with Gasteiger partial charge in [0, 0.05) is 12.8 Å². The van der Waals surface area contributed by atoms with Crippen LogP contribution >= 0.6 is 0 Å². The topological polar surface area (TPSA) is 0 Å². The molecule has 0 aliphatic carbocycles. The first-order chi connectivity index (χ1) is 15.4. The lowest BCUT2D eigenvalue weighted by atomic mass is 10.1. The van der Waals surface area contributed by atoms with Crippen molar-refractivity contribution in [1.29, 1.82) is 0 Å². The fourth-order valence-electron chi connectivity index (χ4n) is 5.34. The van der Waals surface area contributed by atoms with E-state index in [1.165, 1.54) is 164 Å². The average molecular weight is 615 g/mol. The Morgan fingerprint density at radius 1 is 0.294 bits per heavy atom. The number of halogens is 2. The molecular weight excluding hydrogens is 548 g/mol. The highest BCUT2D eigenvalue weighted by atomic mass is 79.9. The maximum atomic E-state index is 2.57. The Labute approximate surface area is 238 Å². The Bertz CT molecular complexity index is 330. The lowest BCUT2D eigenvalue weighted by Gasteiger charge is -2.37. The Hall–Kier alpha value is 0.880. The third-order valence-corrected chi connectivity index (χ3v) is 7.85. The first kappa shape index (κ1) is 39.4. The van der Waals surface area contributed by atoms with Gasteiger partial charge in [0.1, 0.15) is 0 Å². The van der Waals surface area contributed by atoms with Crippen molar-refractivity contribution in [3.8, 4) is 0 Å². The van der Waals surface area contributed by atoms with E-state index in [9.17, 15) is 0 Å². The van der Waals surface area contributed by atoms with Crippen LogP contribution in [0.5, 0.6) is 0 Å². The van der Waals surface area contributed by atoms with E-state index in [0.29, 0.717) is 0 Å². The summed E-state index contributed by atoms with van der Waals surface area (Å²) in [5.41, 5.74) is 0. The summed E-state index contributed by atoms with van der Waals surface area (Å²) in [5.74, 6) is 0. The van der Waals surface area contributed by atoms with Crippen LogP contribution in [0.1, 0.15) is 143 Å². The molecule has 34 heavy (non-hydrogen) atoms. The van der Waals surface area contributed by atoms with Gasteiger partial charge in [-0.05, 0) is 51.4 Å². The second-order valence-corrected chi connectivity index (χ2v) is 11.5. The summed E-state index contributed by atoms with van der Waals surface area (Å²) in [6.45, 7) is 17.8. The summed E-state index contributed by atoms with van der Waals surface area (Å²) in [5, 5.41) is 0. The number of quaternary nitrogens is 2. The number of nitrogens with zero attached hydrogens (tertiary/aromatic N) is 2. The van der Waals surface area contributed by atoms with Crippen LogP contribution in [0, 0.1) is 0 Å². The first-order valence-corrected chi connectivity index (χ1v) is 15.1. The van der Waals surface area contributed by atoms with Crippen LogP contribution in [0.3, 0.4) is 0 Å². The third-order valence-electron chi connectivity index (χ3n) is 7.85. The molecule has 0 rings (SSSR count). The van der Waals surface area contributed by atoms with Gasteiger partial charge in [-0.15, -0.1) is 0 Å². The van der Waals surface area contributed by atoms with Crippen LogP contribution in [0.4, 0.5) is 0 Å². The summed E-state index contributed by atoms with van der Waals surface area (Å²) >= 11 is 0. The van der Waals surface area contributed by atoms with E-state index in [4.69, 9.17) is 0 Å². The van der Waals surface area contributed by atoms with Gasteiger partial charge in [0.15, 0.2) is 0 Å². The third kappa shape index (κ3) is 23.3. The molecule has 0 spiro atoms. The quantitative estimate of drug-likeness (QED) is 0.110. The average Bonchev–Trinajstić information content (AvgIpc) is 2.78. The van der Waals surface area contributed by atoms with Crippen molar-refractivity contribution < 1.29 is 42.9 Å². The highest BCUT2D eigenvalue weighted by molar-refractivity contribution is 4.51. The second-order valence-electron chi connectivity index (χ2n) is 11.5. The van der Waals surface area contributed by atoms with Gasteiger partial charge in [0.25, 0.3) is 0 Å². The summed E-state index contributed by atoms with van der Waals surface area (Å²) in [7, 11) is 5.14. The minimum absolute atomic E-state index is 0. The lowest BCUT2D eigenvalue weighted by Crippen LogP contribution is -3.00. The lowest BCUT2D eigenvalue weighted by molar-refractivity contribution is -0.916. The molecule has 0 radical (unpaired) electrons. The zero-order valence-corrected chi connectivity index (χ0v) is 27.8. The fraction of sp³-hybridized carbons (Fsp3) is 1.00. The zero-order chi connectivity index (χ0) is 24.0. The highest BCUT2D eigenvalue weighted by Gasteiger charge is 2.23. The maximum absolute atomic E-state index is 2.57. The second kappa shape index (κ2) is 26.9. The molecule has 0 fully saturated rings. The predicted molar refractivity (Wildman–Crippen MR) is 147 cm³/mol. The molecule has 0 saturated carbocycles. The molecule has 0 heterocycles. The smallest absolute Gasteiger partial charge is 0.0786 e. The zero-order valence-electron chi connectivity index (χ0n) is 24.6. The maximum Gasteiger partial charge on any atom is 0.0786 e. The van der Waals surface area contributed by atoms with Crippen LogP contribution < -0.4 is 34.0 Å². The number of hydrogen-bond donors (Lipinski definition) is 0. The molecule has 2 nitrogen and oxygen atoms in total. The van der Waals surface area contributed by atoms with Crippen LogP contribution in [0.2, 0.25) is 0 Å². The molecule has 0 aromatic carbocycles. The van der Waals surface area contributed by atoms with Gasteiger partial charge in [-0.25, -0.2) is 0 Å². The predicted octanol–water partition coefficient (Wildman–Crippen LogP) is 2.99. The number of hydrogen-bond acceptors (Lipinski definition) is 0. The van der Waals surface area contributed by atoms with Gasteiger partial charge in [-0.2, -0.15) is 0 Å². The number of rotatable bonds is 25. The molecule has 0 aromatic rings. The van der Waals surface area contributed by atoms with Crippen molar-refractivity contribution >= 4 is 0 Å². The van der Waals surface area contributed by atoms with Gasteiger partial charge in [-0.3, -0.25) is 0 Å². The monoisotopic (exact) mass is 612 g/mol. The molecule has 0 aromatic heterocycles. The summed E-state index contributed by atoms with van der Waals surface area (Å²) in [6, 6.07) is 0. The minimum atomic E-state index is 0. The molecule has 0 aliphatic heterocycles. The van der Waals surface area contributed by atoms with E-state index in [2.05, 4.69) is 41.8 Å². The van der Waals surface area contributed by atoms with Crippen LogP contribution in [-0.2, 0) is 0 Å². The van der Waals surface area contributed by atoms with E-state index in [-0.39, 0.29) is 34.0 Å². The van der Waals surface area contributed by atoms with E-state index in [1.54, 1.807) is 0 Å². The van der Waals surface area contributed by atoms with E-state index >= 15 is 0 Å². The van der Waals surface area contributed by atoms with Gasteiger partial charge in [-0.1, -0.05) is 79.1 Å². The largest absolute Gasteiger partial charge is 1.00 e. The summed E-state index contributed by atoms with van der Waals surface area (Å²) in [6.07, 6.45) is 25.4. The van der Waals surface area contributed by atoms with Gasteiger partial charge < -0.3 is 42.9 Å². The van der Waals surface area contributed by atoms with Crippen molar-refractivity contribution in [1.82, 2.24) is 0 Å². The van der Waals surface area contributed by atoms with E-state index in [0.717, 1.165) is 0 Å². The van der Waals surface area contributed by atoms with Crippen molar-refractivity contribution in [3.63, 3.8) is 0 Å². The van der Waals surface area contributed by atoms with Crippen molar-refractivity contribution in [2.75, 3.05) is 53.4 Å². The van der Waals surface area contributed by atoms with Crippen LogP contribution in [-0.4, -0.2) is 62.3 Å². The van der Waals surface area contributed by atoms with Gasteiger partial charge in [0.05, 0.1) is 53.4 Å². The Balaban J connectivity index is -0.00000480. The highest BCUT2D eigenvalue weighted by Crippen LogP contribution is 2.17. The van der Waals surface area contributed by atoms with Gasteiger partial charge >= 0.3 is 0 Å². The molecule has 0 atom stereocenters. The Morgan fingerprint density at radius 3 is 0.647 bits per heavy atom. The molecule has 0 unspecified atom stereocenters. The van der Waals surface area contributed by atoms with Gasteiger partial charge in [0.2, 0.25) is 0 Å². The molecule has 0 bridgehead atoms. The normalized spacial score (nSPS) is 11.8. The molecule has 4 heteroatoms. The molecule has 0 N–H and O–H groups in total. The fourth-order valence-corrected chi connectivity index (χ4v) is 5.34. The number of unbranched alkanes of at least 4 members (excludes halogenated alkanes) is 13. The molecular formula is C30H66Br2N2. The molecule has 0 saturated heterocycles.